The smallest absolute Gasteiger partial charge is 0.0642 e. The lowest BCUT2D eigenvalue weighted by Crippen LogP contribution is -2.30. The van der Waals surface area contributed by atoms with Crippen molar-refractivity contribution in [1.29, 1.82) is 0 Å². The number of hydrogen-bond acceptors (Lipinski definition) is 3. The summed E-state index contributed by atoms with van der Waals surface area (Å²) < 4.78 is 0.367. The van der Waals surface area contributed by atoms with Crippen LogP contribution in [0.25, 0.3) is 0 Å². The molecule has 2 rings (SSSR count). The maximum atomic E-state index is 6.53. The van der Waals surface area contributed by atoms with Gasteiger partial charge in [0, 0.05) is 36.2 Å². The van der Waals surface area contributed by atoms with E-state index in [0.717, 1.165) is 30.4 Å². The Labute approximate surface area is 138 Å². The van der Waals surface area contributed by atoms with Crippen molar-refractivity contribution in [2.24, 2.45) is 0 Å². The number of nitrogens with zero attached hydrogens (tertiary/aromatic N) is 1. The van der Waals surface area contributed by atoms with Crippen LogP contribution >= 0.6 is 23.4 Å². The number of thioether (sulfide) groups is 1. The number of nitrogens with one attached hydrogen (secondary N) is 1. The Bertz CT molecular complexity index is 474. The van der Waals surface area contributed by atoms with Gasteiger partial charge in [-0.2, -0.15) is 11.8 Å². The van der Waals surface area contributed by atoms with Crippen molar-refractivity contribution in [1.82, 2.24) is 5.32 Å². The second-order valence-electron chi connectivity index (χ2n) is 6.63. The quantitative estimate of drug-likeness (QED) is 0.873. The van der Waals surface area contributed by atoms with Gasteiger partial charge in [-0.1, -0.05) is 51.4 Å². The Hall–Kier alpha value is -0.380. The normalized spacial score (nSPS) is 18.9. The van der Waals surface area contributed by atoms with Crippen molar-refractivity contribution in [2.45, 2.75) is 51.4 Å². The predicted molar refractivity (Wildman–Crippen MR) is 96.8 cm³/mol. The molecule has 21 heavy (non-hydrogen) atoms. The van der Waals surface area contributed by atoms with Gasteiger partial charge < -0.3 is 10.2 Å². The van der Waals surface area contributed by atoms with Crippen molar-refractivity contribution in [3.63, 3.8) is 0 Å². The highest BCUT2D eigenvalue weighted by molar-refractivity contribution is 8.00. The van der Waals surface area contributed by atoms with Gasteiger partial charge in [-0.15, -0.1) is 0 Å². The predicted octanol–water partition coefficient (Wildman–Crippen LogP) is 4.56. The zero-order valence-electron chi connectivity index (χ0n) is 13.6. The van der Waals surface area contributed by atoms with Crippen LogP contribution in [-0.2, 0) is 6.54 Å². The molecule has 1 aromatic carbocycles. The SMILES string of the molecule is CC(C)NCc1cccc(Cl)c1N1CCSC(C)(C)CC1. The minimum atomic E-state index is 0.367. The molecule has 0 saturated carbocycles. The molecule has 118 valence electrons. The van der Waals surface area contributed by atoms with Crippen LogP contribution in [0, 0.1) is 0 Å². The summed E-state index contributed by atoms with van der Waals surface area (Å²) in [6.45, 7) is 12.1. The van der Waals surface area contributed by atoms with Gasteiger partial charge in [-0.3, -0.25) is 0 Å². The zero-order chi connectivity index (χ0) is 15.5. The molecular weight excluding hydrogens is 300 g/mol. The molecule has 0 spiro atoms. The van der Waals surface area contributed by atoms with Crippen LogP contribution in [-0.4, -0.2) is 29.6 Å². The second-order valence-corrected chi connectivity index (χ2v) is 8.84. The van der Waals surface area contributed by atoms with Crippen LogP contribution in [0.4, 0.5) is 5.69 Å². The molecule has 1 aromatic rings. The van der Waals surface area contributed by atoms with Crippen LogP contribution in [0.15, 0.2) is 18.2 Å². The molecule has 0 atom stereocenters. The fourth-order valence-electron chi connectivity index (χ4n) is 2.61. The van der Waals surface area contributed by atoms with Gasteiger partial charge in [-0.05, 0) is 18.1 Å². The summed E-state index contributed by atoms with van der Waals surface area (Å²) in [5.74, 6) is 1.16. The van der Waals surface area contributed by atoms with Crippen molar-refractivity contribution in [2.75, 3.05) is 23.7 Å². The van der Waals surface area contributed by atoms with Crippen LogP contribution < -0.4 is 10.2 Å². The van der Waals surface area contributed by atoms with Crippen molar-refractivity contribution < 1.29 is 0 Å². The molecule has 0 aromatic heterocycles. The summed E-state index contributed by atoms with van der Waals surface area (Å²) in [5, 5.41) is 4.39. The third kappa shape index (κ3) is 4.80. The van der Waals surface area contributed by atoms with Crippen LogP contribution in [0.2, 0.25) is 5.02 Å². The highest BCUT2D eigenvalue weighted by Crippen LogP contribution is 2.36. The second kappa shape index (κ2) is 7.26. The standard InChI is InChI=1S/C17H27ClN2S/c1-13(2)19-12-14-6-5-7-15(18)16(14)20-9-8-17(3,4)21-11-10-20/h5-7,13,19H,8-12H2,1-4H3. The van der Waals surface area contributed by atoms with Gasteiger partial charge in [0.05, 0.1) is 10.7 Å². The van der Waals surface area contributed by atoms with E-state index in [2.05, 4.69) is 61.8 Å². The Morgan fingerprint density at radius 1 is 1.33 bits per heavy atom. The third-order valence-electron chi connectivity index (χ3n) is 3.93. The molecule has 0 bridgehead atoms. The Morgan fingerprint density at radius 3 is 2.81 bits per heavy atom. The van der Waals surface area contributed by atoms with E-state index >= 15 is 0 Å². The van der Waals surface area contributed by atoms with Crippen LogP contribution in [0.3, 0.4) is 0 Å². The van der Waals surface area contributed by atoms with Crippen LogP contribution in [0.1, 0.15) is 39.7 Å². The molecule has 0 unspecified atom stereocenters. The largest absolute Gasteiger partial charge is 0.369 e. The lowest BCUT2D eigenvalue weighted by Gasteiger charge is -2.27. The molecule has 1 fully saturated rings. The molecule has 1 N–H and O–H groups in total. The maximum absolute atomic E-state index is 6.53. The van der Waals surface area contributed by atoms with E-state index in [1.807, 2.05) is 6.07 Å². The summed E-state index contributed by atoms with van der Waals surface area (Å²) in [7, 11) is 0. The fraction of sp³-hybridized carbons (Fsp3) is 0.647. The number of benzene rings is 1. The molecule has 1 heterocycles. The Kier molecular flexibility index (Phi) is 5.87. The van der Waals surface area contributed by atoms with E-state index in [1.165, 1.54) is 17.7 Å². The first-order valence-electron chi connectivity index (χ1n) is 7.79. The van der Waals surface area contributed by atoms with E-state index in [9.17, 15) is 0 Å². The first-order valence-corrected chi connectivity index (χ1v) is 9.15. The number of anilines is 1. The number of halogens is 1. The van der Waals surface area contributed by atoms with Crippen LogP contribution in [0.5, 0.6) is 0 Å². The number of rotatable bonds is 4. The van der Waals surface area contributed by atoms with Crippen molar-refractivity contribution in [3.8, 4) is 0 Å². The molecule has 1 saturated heterocycles. The van der Waals surface area contributed by atoms with E-state index in [-0.39, 0.29) is 0 Å². The molecule has 4 heteroatoms. The molecule has 2 nitrogen and oxygen atoms in total. The van der Waals surface area contributed by atoms with E-state index in [1.54, 1.807) is 0 Å². The lowest BCUT2D eigenvalue weighted by molar-refractivity contribution is 0.586. The fourth-order valence-corrected chi connectivity index (χ4v) is 4.03. The van der Waals surface area contributed by atoms with E-state index in [0.29, 0.717) is 10.8 Å². The summed E-state index contributed by atoms with van der Waals surface area (Å²) in [6.07, 6.45) is 1.19. The van der Waals surface area contributed by atoms with Gasteiger partial charge in [0.1, 0.15) is 0 Å². The zero-order valence-corrected chi connectivity index (χ0v) is 15.2. The van der Waals surface area contributed by atoms with Gasteiger partial charge >= 0.3 is 0 Å². The minimum absolute atomic E-state index is 0.367. The van der Waals surface area contributed by atoms with Gasteiger partial charge in [0.2, 0.25) is 0 Å². The number of para-hydroxylation sites is 1. The summed E-state index contributed by atoms with van der Waals surface area (Å²) >= 11 is 8.60. The molecular formula is C17H27ClN2S. The highest BCUT2D eigenvalue weighted by atomic mass is 35.5. The van der Waals surface area contributed by atoms with Crippen molar-refractivity contribution in [3.05, 3.63) is 28.8 Å². The Morgan fingerprint density at radius 2 is 2.10 bits per heavy atom. The van der Waals surface area contributed by atoms with E-state index < -0.39 is 0 Å². The highest BCUT2D eigenvalue weighted by Gasteiger charge is 2.25. The molecule has 0 radical (unpaired) electrons. The number of hydrogen-bond donors (Lipinski definition) is 1. The van der Waals surface area contributed by atoms with Crippen molar-refractivity contribution >= 4 is 29.1 Å². The average molecular weight is 327 g/mol. The summed E-state index contributed by atoms with van der Waals surface area (Å²) in [6, 6.07) is 6.74. The molecule has 1 aliphatic rings. The Balaban J connectivity index is 2.21. The topological polar surface area (TPSA) is 15.3 Å². The van der Waals surface area contributed by atoms with Gasteiger partial charge in [0.25, 0.3) is 0 Å². The summed E-state index contributed by atoms with van der Waals surface area (Å²) in [5.41, 5.74) is 2.53. The average Bonchev–Trinajstić information content (AvgIpc) is 2.57. The lowest BCUT2D eigenvalue weighted by atomic mass is 10.1. The van der Waals surface area contributed by atoms with Gasteiger partial charge in [-0.25, -0.2) is 0 Å². The monoisotopic (exact) mass is 326 g/mol. The molecule has 1 aliphatic heterocycles. The first kappa shape index (κ1) is 17.0. The molecule has 0 aliphatic carbocycles. The molecule has 0 amide bonds. The van der Waals surface area contributed by atoms with Gasteiger partial charge in [0.15, 0.2) is 0 Å². The summed E-state index contributed by atoms with van der Waals surface area (Å²) in [4.78, 5) is 2.47. The maximum Gasteiger partial charge on any atom is 0.0642 e. The third-order valence-corrected chi connectivity index (χ3v) is 5.60. The van der Waals surface area contributed by atoms with E-state index in [4.69, 9.17) is 11.6 Å². The first-order chi connectivity index (χ1) is 9.89. The minimum Gasteiger partial charge on any atom is -0.369 e.